The molecule has 1 amide bonds. The van der Waals surface area contributed by atoms with Crippen LogP contribution in [-0.2, 0) is 20.3 Å². The number of H-pyrrole nitrogens is 1. The van der Waals surface area contributed by atoms with E-state index in [9.17, 15) is 18.1 Å². The van der Waals surface area contributed by atoms with Gasteiger partial charge in [0.25, 0.3) is 0 Å². The van der Waals surface area contributed by atoms with Crippen LogP contribution < -0.4 is 20.1 Å². The third-order valence-corrected chi connectivity index (χ3v) is 6.70. The van der Waals surface area contributed by atoms with Crippen LogP contribution in [0.1, 0.15) is 12.1 Å². The molecule has 2 aromatic carbocycles. The highest BCUT2D eigenvalue weighted by molar-refractivity contribution is 7.46. The van der Waals surface area contributed by atoms with E-state index in [1.165, 1.54) is 18.5 Å². The molecule has 240 valence electrons. The third-order valence-electron chi connectivity index (χ3n) is 6.18. The fourth-order valence-electron chi connectivity index (χ4n) is 4.15. The lowest BCUT2D eigenvalue weighted by molar-refractivity contribution is -0.115. The molecule has 0 fully saturated rings. The van der Waals surface area contributed by atoms with Crippen LogP contribution in [0.3, 0.4) is 0 Å². The minimum atomic E-state index is -4.51. The second-order valence-electron chi connectivity index (χ2n) is 9.54. The fourth-order valence-corrected chi connectivity index (χ4v) is 4.47. The standard InChI is InChI=1S/C28H32F2N7O7P/c1-2-9-37(11-13-44-45(39,40)41)10-4-12-42-20-7-8-21-24(16-20)31-17-32-28(21)43-18-33-25-14-19(35-36-25)15-26(38)34-23-6-3-5-22(29)27(23)30/h2-3,5-8,14,16-17H,1,4,9-13,15,18H2,(H,34,38)(H2,33,35,36)(H2,39,40,41). The monoisotopic (exact) mass is 647 g/mol. The minimum Gasteiger partial charge on any atom is -0.493 e. The van der Waals surface area contributed by atoms with Crippen LogP contribution in [0.2, 0.25) is 0 Å². The summed E-state index contributed by atoms with van der Waals surface area (Å²) in [5.41, 5.74) is 0.789. The molecule has 0 saturated heterocycles. The number of hydrogen-bond donors (Lipinski definition) is 5. The number of anilines is 2. The zero-order chi connectivity index (χ0) is 32.2. The van der Waals surface area contributed by atoms with Crippen molar-refractivity contribution in [1.29, 1.82) is 0 Å². The number of amides is 1. The molecule has 0 aliphatic carbocycles. The topological polar surface area (TPSA) is 184 Å². The Morgan fingerprint density at radius 1 is 1.11 bits per heavy atom. The summed E-state index contributed by atoms with van der Waals surface area (Å²) in [6.45, 7) is 5.46. The predicted octanol–water partition coefficient (Wildman–Crippen LogP) is 3.63. The number of halogens is 2. The molecule has 0 atom stereocenters. The molecule has 2 aromatic heterocycles. The first-order valence-corrected chi connectivity index (χ1v) is 15.2. The van der Waals surface area contributed by atoms with Gasteiger partial charge in [0, 0.05) is 37.5 Å². The number of carbonyl (C=O) groups excluding carboxylic acids is 1. The van der Waals surface area contributed by atoms with Gasteiger partial charge in [0.2, 0.25) is 11.8 Å². The maximum atomic E-state index is 13.8. The van der Waals surface area contributed by atoms with Gasteiger partial charge in [0.05, 0.1) is 36.2 Å². The fraction of sp³-hybridized carbons (Fsp3) is 0.286. The number of phosphoric acid groups is 1. The van der Waals surface area contributed by atoms with E-state index in [0.717, 1.165) is 6.07 Å². The molecular weight excluding hydrogens is 615 g/mol. The van der Waals surface area contributed by atoms with Crippen molar-refractivity contribution in [2.45, 2.75) is 12.8 Å². The van der Waals surface area contributed by atoms with E-state index in [2.05, 4.69) is 41.9 Å². The molecule has 2 heterocycles. The van der Waals surface area contributed by atoms with Gasteiger partial charge < -0.3 is 29.9 Å². The lowest BCUT2D eigenvalue weighted by Gasteiger charge is -2.20. The molecule has 0 aliphatic heterocycles. The molecule has 0 aliphatic rings. The molecular formula is C28H32F2N7O7P. The summed E-state index contributed by atoms with van der Waals surface area (Å²) in [6.07, 6.45) is 3.57. The first-order valence-electron chi connectivity index (χ1n) is 13.7. The molecule has 4 rings (SSSR count). The minimum absolute atomic E-state index is 0.00420. The smallest absolute Gasteiger partial charge is 0.469 e. The van der Waals surface area contributed by atoms with Crippen molar-refractivity contribution in [3.63, 3.8) is 0 Å². The number of nitrogens with one attached hydrogen (secondary N) is 3. The Morgan fingerprint density at radius 2 is 1.96 bits per heavy atom. The van der Waals surface area contributed by atoms with Gasteiger partial charge in [-0.15, -0.1) is 6.58 Å². The van der Waals surface area contributed by atoms with Gasteiger partial charge in [-0.25, -0.2) is 23.3 Å². The molecule has 0 saturated carbocycles. The van der Waals surface area contributed by atoms with Crippen molar-refractivity contribution in [2.75, 3.05) is 50.2 Å². The van der Waals surface area contributed by atoms with Crippen molar-refractivity contribution in [1.82, 2.24) is 25.1 Å². The summed E-state index contributed by atoms with van der Waals surface area (Å²) in [6, 6.07) is 10.4. The number of hydrogen-bond acceptors (Lipinski definition) is 10. The Morgan fingerprint density at radius 3 is 2.76 bits per heavy atom. The lowest BCUT2D eigenvalue weighted by Crippen LogP contribution is -2.29. The Labute approximate surface area is 256 Å². The van der Waals surface area contributed by atoms with Crippen molar-refractivity contribution in [2.24, 2.45) is 0 Å². The van der Waals surface area contributed by atoms with Crippen LogP contribution in [0.25, 0.3) is 10.9 Å². The molecule has 14 nitrogen and oxygen atoms in total. The SMILES string of the molecule is C=CCN(CCCOc1ccc2c(OCNc3cc(CC(=O)Nc4cccc(F)c4F)[nH]n3)ncnc2c1)CCOP(=O)(O)O. The van der Waals surface area contributed by atoms with E-state index in [1.54, 1.807) is 30.3 Å². The van der Waals surface area contributed by atoms with Gasteiger partial charge in [-0.2, -0.15) is 5.10 Å². The summed E-state index contributed by atoms with van der Waals surface area (Å²) in [4.78, 5) is 40.3. The Bertz CT molecular complexity index is 1650. The van der Waals surface area contributed by atoms with E-state index in [-0.39, 0.29) is 25.4 Å². The van der Waals surface area contributed by atoms with Crippen LogP contribution in [0, 0.1) is 11.6 Å². The number of aromatic nitrogens is 4. The van der Waals surface area contributed by atoms with Crippen molar-refractivity contribution < 1.29 is 41.9 Å². The summed E-state index contributed by atoms with van der Waals surface area (Å²) in [5.74, 6) is -1.43. The van der Waals surface area contributed by atoms with E-state index in [0.29, 0.717) is 66.7 Å². The van der Waals surface area contributed by atoms with Gasteiger partial charge in [-0.05, 0) is 30.7 Å². The maximum Gasteiger partial charge on any atom is 0.469 e. The number of aromatic amines is 1. The van der Waals surface area contributed by atoms with Gasteiger partial charge >= 0.3 is 7.82 Å². The highest BCUT2D eigenvalue weighted by atomic mass is 31.2. The average Bonchev–Trinajstić information content (AvgIpc) is 3.43. The second-order valence-corrected chi connectivity index (χ2v) is 10.8. The largest absolute Gasteiger partial charge is 0.493 e. The molecule has 0 unspecified atom stereocenters. The molecule has 0 spiro atoms. The Hall–Kier alpha value is -4.47. The van der Waals surface area contributed by atoms with E-state index < -0.39 is 25.4 Å². The zero-order valence-corrected chi connectivity index (χ0v) is 24.9. The zero-order valence-electron chi connectivity index (χ0n) is 24.0. The van der Waals surface area contributed by atoms with Gasteiger partial charge in [0.15, 0.2) is 24.2 Å². The number of phosphoric ester groups is 1. The lowest BCUT2D eigenvalue weighted by atomic mass is 10.2. The molecule has 5 N–H and O–H groups in total. The van der Waals surface area contributed by atoms with Crippen LogP contribution >= 0.6 is 7.82 Å². The van der Waals surface area contributed by atoms with E-state index in [4.69, 9.17) is 19.3 Å². The van der Waals surface area contributed by atoms with Crippen LogP contribution in [0.15, 0.2) is 61.4 Å². The molecule has 17 heteroatoms. The number of nitrogens with zero attached hydrogens (tertiary/aromatic N) is 4. The number of fused-ring (bicyclic) bond motifs is 1. The predicted molar refractivity (Wildman–Crippen MR) is 161 cm³/mol. The molecule has 0 radical (unpaired) electrons. The van der Waals surface area contributed by atoms with Crippen LogP contribution in [-0.4, -0.2) is 80.3 Å². The Balaban J connectivity index is 1.22. The van der Waals surface area contributed by atoms with Crippen LogP contribution in [0.5, 0.6) is 11.6 Å². The van der Waals surface area contributed by atoms with Crippen molar-refractivity contribution >= 4 is 36.1 Å². The molecule has 45 heavy (non-hydrogen) atoms. The number of carbonyl (C=O) groups is 1. The van der Waals surface area contributed by atoms with Gasteiger partial charge in [-0.3, -0.25) is 19.3 Å². The molecule has 0 bridgehead atoms. The Kier molecular flexibility index (Phi) is 11.9. The maximum absolute atomic E-state index is 13.8. The third kappa shape index (κ3) is 10.6. The first kappa shape index (κ1) is 33.4. The number of ether oxygens (including phenoxy) is 2. The van der Waals surface area contributed by atoms with Gasteiger partial charge in [0.1, 0.15) is 12.1 Å². The van der Waals surface area contributed by atoms with Crippen LogP contribution in [0.4, 0.5) is 20.3 Å². The highest BCUT2D eigenvalue weighted by Crippen LogP contribution is 2.35. The van der Waals surface area contributed by atoms with E-state index >= 15 is 0 Å². The summed E-state index contributed by atoms with van der Waals surface area (Å²) in [7, 11) is -4.51. The summed E-state index contributed by atoms with van der Waals surface area (Å²) in [5, 5.41) is 12.7. The van der Waals surface area contributed by atoms with Gasteiger partial charge in [-0.1, -0.05) is 12.1 Å². The molecule has 4 aromatic rings. The van der Waals surface area contributed by atoms with Crippen molar-refractivity contribution in [3.8, 4) is 11.6 Å². The van der Waals surface area contributed by atoms with E-state index in [1.807, 2.05) is 4.90 Å². The number of benzene rings is 2. The normalized spacial score (nSPS) is 11.5. The quantitative estimate of drug-likeness (QED) is 0.0458. The summed E-state index contributed by atoms with van der Waals surface area (Å²) < 4.78 is 54.2. The summed E-state index contributed by atoms with van der Waals surface area (Å²) >= 11 is 0. The first-order chi connectivity index (χ1) is 21.6. The van der Waals surface area contributed by atoms with Crippen molar-refractivity contribution in [3.05, 3.63) is 78.8 Å². The average molecular weight is 648 g/mol. The highest BCUT2D eigenvalue weighted by Gasteiger charge is 2.15. The number of rotatable bonds is 18. The second kappa shape index (κ2) is 16.0.